The molecule has 3 aromatic rings. The third-order valence-electron chi connectivity index (χ3n) is 3.82. The molecule has 0 unspecified atom stereocenters. The molecule has 0 saturated carbocycles. The minimum atomic E-state index is -0.501. The van der Waals surface area contributed by atoms with Crippen LogP contribution in [0.15, 0.2) is 47.8 Å². The molecule has 2 aromatic carbocycles. The van der Waals surface area contributed by atoms with E-state index in [1.54, 1.807) is 41.4 Å². The molecule has 0 aliphatic rings. The lowest BCUT2D eigenvalue weighted by molar-refractivity contribution is -0.114. The van der Waals surface area contributed by atoms with Gasteiger partial charge >= 0.3 is 0 Å². The number of nitrogens with zero attached hydrogens (tertiary/aromatic N) is 1. The van der Waals surface area contributed by atoms with Gasteiger partial charge in [0, 0.05) is 34.9 Å². The van der Waals surface area contributed by atoms with Gasteiger partial charge in [-0.3, -0.25) is 14.9 Å². The molecular weight excluding hydrogens is 397 g/mol. The van der Waals surface area contributed by atoms with E-state index in [1.807, 2.05) is 18.4 Å². The highest BCUT2D eigenvalue weighted by molar-refractivity contribution is 7.97. The lowest BCUT2D eigenvalue weighted by atomic mass is 10.1. The number of thioether (sulfide) groups is 1. The van der Waals surface area contributed by atoms with E-state index < -0.39 is 5.82 Å². The maximum Gasteiger partial charge on any atom is 0.257 e. The Kier molecular flexibility index (Phi) is 6.43. The molecule has 0 spiro atoms. The first kappa shape index (κ1) is 20.0. The summed E-state index contributed by atoms with van der Waals surface area (Å²) in [5, 5.41) is 7.33. The maximum absolute atomic E-state index is 14.3. The van der Waals surface area contributed by atoms with Gasteiger partial charge in [-0.05, 0) is 42.2 Å². The number of rotatable bonds is 6. The lowest BCUT2D eigenvalue weighted by Crippen LogP contribution is -2.11. The molecule has 0 aliphatic carbocycles. The quantitative estimate of drug-likeness (QED) is 0.593. The number of thiazole rings is 1. The van der Waals surface area contributed by atoms with Crippen LogP contribution in [0.25, 0.3) is 11.3 Å². The first-order valence-electron chi connectivity index (χ1n) is 8.38. The van der Waals surface area contributed by atoms with Crippen LogP contribution in [0.5, 0.6) is 0 Å². The molecular formula is C20H18FN3O2S2. The van der Waals surface area contributed by atoms with Crippen LogP contribution < -0.4 is 10.6 Å². The topological polar surface area (TPSA) is 71.1 Å². The zero-order valence-electron chi connectivity index (χ0n) is 15.3. The standard InChI is InChI=1S/C20H18FN3O2S2/c1-12(25)22-15-7-8-16(17(21)9-15)18-11-28-20(23-18)24-19(26)14-5-3-13(4-6-14)10-27-2/h3-9,11H,10H2,1-2H3,(H,22,25)(H,23,24,26). The molecule has 3 rings (SSSR count). The Bertz CT molecular complexity index is 1000. The molecule has 0 aliphatic heterocycles. The second kappa shape index (κ2) is 8.99. The van der Waals surface area contributed by atoms with Crippen molar-refractivity contribution in [3.8, 4) is 11.3 Å². The van der Waals surface area contributed by atoms with E-state index in [2.05, 4.69) is 15.6 Å². The van der Waals surface area contributed by atoms with Crippen molar-refractivity contribution in [3.05, 3.63) is 64.8 Å². The fraction of sp³-hybridized carbons (Fsp3) is 0.150. The third-order valence-corrected chi connectivity index (χ3v) is 5.20. The number of aromatic nitrogens is 1. The van der Waals surface area contributed by atoms with Crippen LogP contribution in [-0.4, -0.2) is 23.1 Å². The molecule has 144 valence electrons. The van der Waals surface area contributed by atoms with Crippen LogP contribution in [0, 0.1) is 5.82 Å². The van der Waals surface area contributed by atoms with Crippen LogP contribution >= 0.6 is 23.1 Å². The van der Waals surface area contributed by atoms with E-state index in [9.17, 15) is 14.0 Å². The zero-order valence-corrected chi connectivity index (χ0v) is 16.9. The van der Waals surface area contributed by atoms with Crippen LogP contribution in [0.1, 0.15) is 22.8 Å². The van der Waals surface area contributed by atoms with Gasteiger partial charge in [-0.25, -0.2) is 9.37 Å². The highest BCUT2D eigenvalue weighted by Gasteiger charge is 2.13. The lowest BCUT2D eigenvalue weighted by Gasteiger charge is -2.05. The number of nitrogens with one attached hydrogen (secondary N) is 2. The molecule has 5 nitrogen and oxygen atoms in total. The smallest absolute Gasteiger partial charge is 0.257 e. The average Bonchev–Trinajstić information content (AvgIpc) is 3.10. The van der Waals surface area contributed by atoms with E-state index in [1.165, 1.54) is 24.3 Å². The van der Waals surface area contributed by atoms with Gasteiger partial charge in [-0.2, -0.15) is 11.8 Å². The fourth-order valence-corrected chi connectivity index (χ4v) is 3.78. The van der Waals surface area contributed by atoms with Gasteiger partial charge in [0.05, 0.1) is 5.69 Å². The van der Waals surface area contributed by atoms with Crippen molar-refractivity contribution in [1.29, 1.82) is 0 Å². The summed E-state index contributed by atoms with van der Waals surface area (Å²) >= 11 is 2.94. The Balaban J connectivity index is 1.71. The summed E-state index contributed by atoms with van der Waals surface area (Å²) in [6.45, 7) is 1.36. The summed E-state index contributed by atoms with van der Waals surface area (Å²) in [4.78, 5) is 27.7. The Hall–Kier alpha value is -2.71. The molecule has 0 radical (unpaired) electrons. The SMILES string of the molecule is CSCc1ccc(C(=O)Nc2nc(-c3ccc(NC(C)=O)cc3F)cs2)cc1. The second-order valence-electron chi connectivity index (χ2n) is 6.00. The second-order valence-corrected chi connectivity index (χ2v) is 7.72. The van der Waals surface area contributed by atoms with Crippen molar-refractivity contribution >= 4 is 45.7 Å². The molecule has 2 N–H and O–H groups in total. The monoisotopic (exact) mass is 415 g/mol. The van der Waals surface area contributed by atoms with Gasteiger partial charge in [0.2, 0.25) is 5.91 Å². The van der Waals surface area contributed by atoms with Crippen LogP contribution in [-0.2, 0) is 10.5 Å². The van der Waals surface area contributed by atoms with E-state index in [0.717, 1.165) is 11.3 Å². The van der Waals surface area contributed by atoms with Crippen molar-refractivity contribution in [2.24, 2.45) is 0 Å². The molecule has 0 fully saturated rings. The van der Waals surface area contributed by atoms with Gasteiger partial charge in [0.15, 0.2) is 5.13 Å². The summed E-state index contributed by atoms with van der Waals surface area (Å²) in [5.41, 5.74) is 2.78. The van der Waals surface area contributed by atoms with Gasteiger partial charge < -0.3 is 5.32 Å². The van der Waals surface area contributed by atoms with E-state index >= 15 is 0 Å². The van der Waals surface area contributed by atoms with Gasteiger partial charge in [-0.1, -0.05) is 12.1 Å². The van der Waals surface area contributed by atoms with E-state index in [4.69, 9.17) is 0 Å². The molecule has 2 amide bonds. The number of carbonyl (C=O) groups excluding carboxylic acids is 2. The van der Waals surface area contributed by atoms with Crippen LogP contribution in [0.2, 0.25) is 0 Å². The molecule has 0 saturated heterocycles. The predicted molar refractivity (Wildman–Crippen MR) is 113 cm³/mol. The molecule has 8 heteroatoms. The van der Waals surface area contributed by atoms with Crippen molar-refractivity contribution in [1.82, 2.24) is 4.98 Å². The number of hydrogen-bond donors (Lipinski definition) is 2. The summed E-state index contributed by atoms with van der Waals surface area (Å²) in [6.07, 6.45) is 2.02. The first-order valence-corrected chi connectivity index (χ1v) is 10.7. The Morgan fingerprint density at radius 3 is 2.54 bits per heavy atom. The summed E-state index contributed by atoms with van der Waals surface area (Å²) in [5.74, 6) is -0.145. The van der Waals surface area contributed by atoms with Crippen LogP contribution in [0.3, 0.4) is 0 Å². The highest BCUT2D eigenvalue weighted by Crippen LogP contribution is 2.29. The number of anilines is 2. The number of amides is 2. The largest absolute Gasteiger partial charge is 0.326 e. The fourth-order valence-electron chi connectivity index (χ4n) is 2.55. The maximum atomic E-state index is 14.3. The van der Waals surface area contributed by atoms with Crippen molar-refractivity contribution in [3.63, 3.8) is 0 Å². The minimum Gasteiger partial charge on any atom is -0.326 e. The van der Waals surface area contributed by atoms with E-state index in [0.29, 0.717) is 27.6 Å². The number of hydrogen-bond acceptors (Lipinski definition) is 5. The normalized spacial score (nSPS) is 10.5. The Labute approximate surface area is 170 Å². The molecule has 1 heterocycles. The van der Waals surface area contributed by atoms with Gasteiger partial charge in [-0.15, -0.1) is 11.3 Å². The zero-order chi connectivity index (χ0) is 20.1. The number of benzene rings is 2. The van der Waals surface area contributed by atoms with E-state index in [-0.39, 0.29) is 11.8 Å². The minimum absolute atomic E-state index is 0.266. The molecule has 0 atom stereocenters. The summed E-state index contributed by atoms with van der Waals surface area (Å²) < 4.78 is 14.3. The predicted octanol–water partition coefficient (Wildman–Crippen LogP) is 5.02. The Morgan fingerprint density at radius 1 is 1.14 bits per heavy atom. The van der Waals surface area contributed by atoms with Gasteiger partial charge in [0.25, 0.3) is 5.91 Å². The average molecular weight is 416 g/mol. The van der Waals surface area contributed by atoms with Crippen molar-refractivity contribution < 1.29 is 14.0 Å². The van der Waals surface area contributed by atoms with Crippen molar-refractivity contribution in [2.75, 3.05) is 16.9 Å². The Morgan fingerprint density at radius 2 is 1.89 bits per heavy atom. The van der Waals surface area contributed by atoms with Gasteiger partial charge in [0.1, 0.15) is 5.82 Å². The van der Waals surface area contributed by atoms with Crippen LogP contribution in [0.4, 0.5) is 15.2 Å². The molecule has 1 aromatic heterocycles. The number of carbonyl (C=O) groups is 2. The summed E-state index contributed by atoms with van der Waals surface area (Å²) in [6, 6.07) is 11.8. The van der Waals surface area contributed by atoms with Crippen molar-refractivity contribution in [2.45, 2.75) is 12.7 Å². The molecule has 0 bridgehead atoms. The highest BCUT2D eigenvalue weighted by atomic mass is 32.2. The molecule has 28 heavy (non-hydrogen) atoms. The third kappa shape index (κ3) is 4.96. The number of halogens is 1. The first-order chi connectivity index (χ1) is 13.5. The summed E-state index contributed by atoms with van der Waals surface area (Å²) in [7, 11) is 0.